The number of nitrogens with zero attached hydrogens (tertiary/aromatic N) is 1. The molecule has 1 aliphatic heterocycles. The molecule has 4 nitrogen and oxygen atoms in total. The summed E-state index contributed by atoms with van der Waals surface area (Å²) in [5.41, 5.74) is 1.12. The third-order valence-electron chi connectivity index (χ3n) is 2.91. The van der Waals surface area contributed by atoms with Crippen LogP contribution in [0.25, 0.3) is 0 Å². The molecule has 0 saturated carbocycles. The maximum atomic E-state index is 5.46. The topological polar surface area (TPSA) is 33.7 Å². The van der Waals surface area contributed by atoms with Gasteiger partial charge < -0.3 is 19.7 Å². The smallest absolute Gasteiger partial charge is 0.143 e. The number of halogens is 3. The van der Waals surface area contributed by atoms with Gasteiger partial charge in [-0.15, -0.1) is 24.8 Å². The molecule has 0 aromatic heterocycles. The van der Waals surface area contributed by atoms with E-state index >= 15 is 0 Å². The summed E-state index contributed by atoms with van der Waals surface area (Å²) in [7, 11) is 3.41. The number of benzene rings is 1. The van der Waals surface area contributed by atoms with Gasteiger partial charge in [0.25, 0.3) is 0 Å². The monoisotopic (exact) mass is 420 g/mol. The number of methoxy groups -OCH3 is 2. The molecule has 1 saturated heterocycles. The molecule has 1 aliphatic rings. The van der Waals surface area contributed by atoms with Crippen molar-refractivity contribution in [3.8, 4) is 11.5 Å². The van der Waals surface area contributed by atoms with Gasteiger partial charge in [0.1, 0.15) is 11.5 Å². The number of anilines is 1. The zero-order valence-corrected chi connectivity index (χ0v) is 14.7. The van der Waals surface area contributed by atoms with Crippen LogP contribution < -0.4 is 19.7 Å². The number of rotatable bonds is 3. The molecule has 0 spiro atoms. The first kappa shape index (κ1) is 18.9. The van der Waals surface area contributed by atoms with Gasteiger partial charge in [-0.3, -0.25) is 0 Å². The van der Waals surface area contributed by atoms with Crippen LogP contribution in [0.3, 0.4) is 0 Å². The number of piperazine rings is 1. The Morgan fingerprint density at radius 1 is 1.05 bits per heavy atom. The molecule has 110 valence electrons. The van der Waals surface area contributed by atoms with E-state index in [4.69, 9.17) is 9.47 Å². The first-order valence-electron chi connectivity index (χ1n) is 5.63. The zero-order valence-electron chi connectivity index (χ0n) is 10.9. The fraction of sp³-hybridized carbons (Fsp3) is 0.500. The minimum atomic E-state index is 0. The van der Waals surface area contributed by atoms with Gasteiger partial charge in [0.2, 0.25) is 0 Å². The Kier molecular flexibility index (Phi) is 8.89. The molecule has 1 aromatic rings. The van der Waals surface area contributed by atoms with E-state index in [9.17, 15) is 0 Å². The van der Waals surface area contributed by atoms with Crippen LogP contribution in [-0.4, -0.2) is 40.4 Å². The molecular weight excluding hydrogens is 402 g/mol. The summed E-state index contributed by atoms with van der Waals surface area (Å²) in [4.78, 5) is 2.33. The van der Waals surface area contributed by atoms with Crippen molar-refractivity contribution in [2.24, 2.45) is 0 Å². The molecule has 0 amide bonds. The summed E-state index contributed by atoms with van der Waals surface area (Å²) in [6, 6.07) is 4.09. The zero-order chi connectivity index (χ0) is 12.3. The number of hydrogen-bond donors (Lipinski definition) is 1. The Balaban J connectivity index is 0.00000162. The maximum Gasteiger partial charge on any atom is 0.143 e. The Morgan fingerprint density at radius 2 is 1.63 bits per heavy atom. The average molecular weight is 421 g/mol. The standard InChI is InChI=1S/C12H17IN2O2.2ClH/c1-16-11-8-10(12(17-2)7-9(11)13)15-5-3-14-4-6-15;;/h7-8,14H,3-6H2,1-2H3;2*1H. The van der Waals surface area contributed by atoms with Crippen molar-refractivity contribution in [2.75, 3.05) is 45.3 Å². The molecule has 19 heavy (non-hydrogen) atoms. The summed E-state index contributed by atoms with van der Waals surface area (Å²) in [5.74, 6) is 1.82. The summed E-state index contributed by atoms with van der Waals surface area (Å²) < 4.78 is 11.9. The van der Waals surface area contributed by atoms with Crippen molar-refractivity contribution in [2.45, 2.75) is 0 Å². The van der Waals surface area contributed by atoms with E-state index in [1.807, 2.05) is 6.07 Å². The van der Waals surface area contributed by atoms with Crippen LogP contribution in [0.4, 0.5) is 5.69 Å². The third kappa shape index (κ3) is 4.44. The van der Waals surface area contributed by atoms with E-state index in [-0.39, 0.29) is 24.8 Å². The van der Waals surface area contributed by atoms with Gasteiger partial charge in [-0.25, -0.2) is 0 Å². The average Bonchev–Trinajstić information content (AvgIpc) is 2.39. The lowest BCUT2D eigenvalue weighted by Crippen LogP contribution is -2.43. The van der Waals surface area contributed by atoms with Gasteiger partial charge >= 0.3 is 0 Å². The molecule has 1 heterocycles. The third-order valence-corrected chi connectivity index (χ3v) is 3.75. The lowest BCUT2D eigenvalue weighted by Gasteiger charge is -2.31. The van der Waals surface area contributed by atoms with Gasteiger partial charge in [-0.05, 0) is 28.7 Å². The first-order valence-corrected chi connectivity index (χ1v) is 6.71. The second-order valence-electron chi connectivity index (χ2n) is 3.90. The minimum absolute atomic E-state index is 0. The molecule has 0 radical (unpaired) electrons. The van der Waals surface area contributed by atoms with Gasteiger partial charge in [0.05, 0.1) is 23.5 Å². The van der Waals surface area contributed by atoms with Crippen LogP contribution in [0.2, 0.25) is 0 Å². The summed E-state index contributed by atoms with van der Waals surface area (Å²) >= 11 is 2.26. The molecular formula is C12H19Cl2IN2O2. The fourth-order valence-electron chi connectivity index (χ4n) is 2.00. The number of hydrogen-bond acceptors (Lipinski definition) is 4. The van der Waals surface area contributed by atoms with Crippen molar-refractivity contribution in [3.05, 3.63) is 15.7 Å². The molecule has 0 atom stereocenters. The van der Waals surface area contributed by atoms with E-state index in [0.29, 0.717) is 0 Å². The summed E-state index contributed by atoms with van der Waals surface area (Å²) in [6.07, 6.45) is 0. The fourth-order valence-corrected chi connectivity index (χ4v) is 2.66. The lowest BCUT2D eigenvalue weighted by atomic mass is 10.2. The Bertz CT molecular complexity index is 402. The van der Waals surface area contributed by atoms with E-state index in [0.717, 1.165) is 46.9 Å². The Morgan fingerprint density at radius 3 is 2.16 bits per heavy atom. The highest BCUT2D eigenvalue weighted by molar-refractivity contribution is 14.1. The van der Waals surface area contributed by atoms with Crippen molar-refractivity contribution in [1.82, 2.24) is 5.32 Å². The van der Waals surface area contributed by atoms with Crippen LogP contribution in [0, 0.1) is 3.57 Å². The molecule has 2 rings (SSSR count). The molecule has 1 aromatic carbocycles. The highest BCUT2D eigenvalue weighted by Gasteiger charge is 2.17. The van der Waals surface area contributed by atoms with E-state index in [1.54, 1.807) is 14.2 Å². The number of ether oxygens (including phenoxy) is 2. The van der Waals surface area contributed by atoms with Gasteiger partial charge in [-0.2, -0.15) is 0 Å². The second-order valence-corrected chi connectivity index (χ2v) is 5.06. The molecule has 1 fully saturated rings. The van der Waals surface area contributed by atoms with Crippen molar-refractivity contribution >= 4 is 53.1 Å². The van der Waals surface area contributed by atoms with Crippen LogP contribution in [0.5, 0.6) is 11.5 Å². The van der Waals surface area contributed by atoms with Gasteiger partial charge in [0, 0.05) is 32.2 Å². The Hall–Kier alpha value is -0.110. The van der Waals surface area contributed by atoms with Crippen LogP contribution in [-0.2, 0) is 0 Å². The molecule has 0 bridgehead atoms. The predicted octanol–water partition coefficient (Wildman–Crippen LogP) is 2.56. The van der Waals surface area contributed by atoms with Crippen LogP contribution in [0.1, 0.15) is 0 Å². The second kappa shape index (κ2) is 8.94. The largest absolute Gasteiger partial charge is 0.496 e. The lowest BCUT2D eigenvalue weighted by molar-refractivity contribution is 0.399. The van der Waals surface area contributed by atoms with Crippen LogP contribution in [0.15, 0.2) is 12.1 Å². The summed E-state index contributed by atoms with van der Waals surface area (Å²) in [5, 5.41) is 3.35. The number of nitrogens with one attached hydrogen (secondary N) is 1. The minimum Gasteiger partial charge on any atom is -0.496 e. The van der Waals surface area contributed by atoms with E-state index in [2.05, 4.69) is 38.9 Å². The van der Waals surface area contributed by atoms with Gasteiger partial charge in [0.15, 0.2) is 0 Å². The quantitative estimate of drug-likeness (QED) is 0.762. The maximum absolute atomic E-state index is 5.46. The predicted molar refractivity (Wildman–Crippen MR) is 91.8 cm³/mol. The van der Waals surface area contributed by atoms with Crippen LogP contribution >= 0.6 is 47.4 Å². The van der Waals surface area contributed by atoms with Crippen molar-refractivity contribution in [3.63, 3.8) is 0 Å². The normalized spacial score (nSPS) is 14.2. The highest BCUT2D eigenvalue weighted by Crippen LogP contribution is 2.36. The first-order chi connectivity index (χ1) is 8.26. The molecule has 0 aliphatic carbocycles. The Labute approximate surface area is 140 Å². The van der Waals surface area contributed by atoms with Gasteiger partial charge in [-0.1, -0.05) is 0 Å². The SMILES string of the molecule is COc1cc(N2CCNCC2)c(OC)cc1I.Cl.Cl. The van der Waals surface area contributed by atoms with Crippen molar-refractivity contribution < 1.29 is 9.47 Å². The van der Waals surface area contributed by atoms with E-state index < -0.39 is 0 Å². The molecule has 1 N–H and O–H groups in total. The molecule has 0 unspecified atom stereocenters. The van der Waals surface area contributed by atoms with E-state index in [1.165, 1.54) is 0 Å². The molecule has 7 heteroatoms. The summed E-state index contributed by atoms with van der Waals surface area (Å²) in [6.45, 7) is 4.02. The van der Waals surface area contributed by atoms with Crippen molar-refractivity contribution in [1.29, 1.82) is 0 Å². The highest BCUT2D eigenvalue weighted by atomic mass is 127.